The molecule has 0 unspecified atom stereocenters. The highest BCUT2D eigenvalue weighted by Crippen LogP contribution is 2.13. The van der Waals surface area contributed by atoms with Gasteiger partial charge in [-0.15, -0.1) is 11.3 Å². The van der Waals surface area contributed by atoms with Crippen LogP contribution in [0.5, 0.6) is 0 Å². The van der Waals surface area contributed by atoms with Crippen LogP contribution in [0.1, 0.15) is 15.2 Å². The van der Waals surface area contributed by atoms with E-state index in [-0.39, 0.29) is 10.8 Å². The van der Waals surface area contributed by atoms with Crippen molar-refractivity contribution in [1.82, 2.24) is 9.79 Å². The molecule has 0 atom stereocenters. The number of hydrogen-bond donors (Lipinski definition) is 1. The van der Waals surface area contributed by atoms with Crippen LogP contribution in [0.2, 0.25) is 0 Å². The van der Waals surface area contributed by atoms with Crippen molar-refractivity contribution >= 4 is 27.3 Å². The Morgan fingerprint density at radius 2 is 1.96 bits per heavy atom. The lowest BCUT2D eigenvalue weighted by molar-refractivity contribution is -0.0757. The van der Waals surface area contributed by atoms with Gasteiger partial charge in [-0.1, -0.05) is 6.07 Å². The highest BCUT2D eigenvalue weighted by molar-refractivity contribution is 7.89. The molecular formula is C15H18N2O4S2. The maximum Gasteiger partial charge on any atom is 0.277 e. The summed E-state index contributed by atoms with van der Waals surface area (Å²) < 4.78 is 27.0. The monoisotopic (exact) mass is 354 g/mol. The van der Waals surface area contributed by atoms with Crippen molar-refractivity contribution in [2.45, 2.75) is 11.3 Å². The van der Waals surface area contributed by atoms with Crippen LogP contribution in [0.3, 0.4) is 0 Å². The molecule has 2 aromatic rings. The smallest absolute Gasteiger partial charge is 0.274 e. The third-order valence-corrected chi connectivity index (χ3v) is 5.63. The van der Waals surface area contributed by atoms with E-state index in [1.165, 1.54) is 38.4 Å². The van der Waals surface area contributed by atoms with Crippen LogP contribution in [0.15, 0.2) is 46.7 Å². The van der Waals surface area contributed by atoms with Crippen LogP contribution in [0.4, 0.5) is 0 Å². The third kappa shape index (κ3) is 4.61. The minimum Gasteiger partial charge on any atom is -0.274 e. The largest absolute Gasteiger partial charge is 0.277 e. The second-order valence-electron chi connectivity index (χ2n) is 4.74. The number of carbonyl (C=O) groups is 1. The SMILES string of the molecule is CON(C)C(=O)c1ccc(S(=O)(=O)NCCc2cccs2)cc1. The zero-order chi connectivity index (χ0) is 16.9. The highest BCUT2D eigenvalue weighted by Gasteiger charge is 2.16. The lowest BCUT2D eigenvalue weighted by Gasteiger charge is -2.13. The molecule has 1 amide bonds. The van der Waals surface area contributed by atoms with Gasteiger partial charge in [0, 0.05) is 24.0 Å². The van der Waals surface area contributed by atoms with E-state index in [2.05, 4.69) is 4.72 Å². The van der Waals surface area contributed by atoms with Gasteiger partial charge in [0.1, 0.15) is 0 Å². The van der Waals surface area contributed by atoms with E-state index in [1.807, 2.05) is 17.5 Å². The standard InChI is InChI=1S/C15H18N2O4S2/c1-17(21-2)15(18)12-5-7-14(8-6-12)23(19,20)16-10-9-13-4-3-11-22-13/h3-8,11,16H,9-10H2,1-2H3. The lowest BCUT2D eigenvalue weighted by atomic mass is 10.2. The highest BCUT2D eigenvalue weighted by atomic mass is 32.2. The van der Waals surface area contributed by atoms with Crippen molar-refractivity contribution in [3.05, 3.63) is 52.2 Å². The van der Waals surface area contributed by atoms with E-state index in [0.29, 0.717) is 18.5 Å². The van der Waals surface area contributed by atoms with Gasteiger partial charge in [0.25, 0.3) is 5.91 Å². The Kier molecular flexibility index (Phi) is 5.89. The van der Waals surface area contributed by atoms with Gasteiger partial charge in [-0.2, -0.15) is 0 Å². The molecule has 1 aromatic heterocycles. The van der Waals surface area contributed by atoms with Crippen LogP contribution < -0.4 is 4.72 Å². The van der Waals surface area contributed by atoms with Crippen LogP contribution in [0, 0.1) is 0 Å². The molecule has 1 aromatic carbocycles. The fraction of sp³-hybridized carbons (Fsp3) is 0.267. The van der Waals surface area contributed by atoms with Gasteiger partial charge in [-0.05, 0) is 42.1 Å². The number of nitrogens with one attached hydrogen (secondary N) is 1. The summed E-state index contributed by atoms with van der Waals surface area (Å²) in [5.41, 5.74) is 0.354. The maximum absolute atomic E-state index is 12.2. The van der Waals surface area contributed by atoms with Gasteiger partial charge < -0.3 is 0 Å². The summed E-state index contributed by atoms with van der Waals surface area (Å²) in [6.45, 7) is 0.329. The first-order chi connectivity index (χ1) is 10.9. The number of hydrogen-bond acceptors (Lipinski definition) is 5. The van der Waals surface area contributed by atoms with Crippen LogP contribution in [0.25, 0.3) is 0 Å². The van der Waals surface area contributed by atoms with E-state index in [9.17, 15) is 13.2 Å². The Morgan fingerprint density at radius 1 is 1.26 bits per heavy atom. The topological polar surface area (TPSA) is 75.7 Å². The van der Waals surface area contributed by atoms with E-state index >= 15 is 0 Å². The zero-order valence-corrected chi connectivity index (χ0v) is 14.5. The summed E-state index contributed by atoms with van der Waals surface area (Å²) >= 11 is 1.59. The van der Waals surface area contributed by atoms with Crippen molar-refractivity contribution in [3.8, 4) is 0 Å². The number of hydroxylamine groups is 2. The molecule has 0 bridgehead atoms. The van der Waals surface area contributed by atoms with Crippen LogP contribution in [-0.4, -0.2) is 40.1 Å². The summed E-state index contributed by atoms with van der Waals surface area (Å²) in [5.74, 6) is -0.345. The average molecular weight is 354 g/mol. The Morgan fingerprint density at radius 3 is 2.52 bits per heavy atom. The molecule has 6 nitrogen and oxygen atoms in total. The second-order valence-corrected chi connectivity index (χ2v) is 7.54. The van der Waals surface area contributed by atoms with Gasteiger partial charge >= 0.3 is 0 Å². The minimum absolute atomic E-state index is 0.125. The number of nitrogens with zero attached hydrogens (tertiary/aromatic N) is 1. The lowest BCUT2D eigenvalue weighted by Crippen LogP contribution is -2.27. The number of sulfonamides is 1. The number of rotatable bonds is 7. The van der Waals surface area contributed by atoms with Crippen molar-refractivity contribution in [2.75, 3.05) is 20.7 Å². The van der Waals surface area contributed by atoms with Crippen molar-refractivity contribution in [3.63, 3.8) is 0 Å². The number of amides is 1. The molecule has 23 heavy (non-hydrogen) atoms. The normalized spacial score (nSPS) is 11.4. The molecule has 2 rings (SSSR count). The molecule has 0 saturated carbocycles. The number of thiophene rings is 1. The summed E-state index contributed by atoms with van der Waals surface area (Å²) in [5, 5.41) is 3.03. The third-order valence-electron chi connectivity index (χ3n) is 3.22. The quantitative estimate of drug-likeness (QED) is 0.771. The van der Waals surface area contributed by atoms with E-state index < -0.39 is 10.0 Å². The summed E-state index contributed by atoms with van der Waals surface area (Å²) in [4.78, 5) is 17.9. The molecule has 0 aliphatic heterocycles. The van der Waals surface area contributed by atoms with Crippen LogP contribution >= 0.6 is 11.3 Å². The number of benzene rings is 1. The Hall–Kier alpha value is -1.74. The van der Waals surface area contributed by atoms with Gasteiger partial charge in [0.2, 0.25) is 10.0 Å². The predicted molar refractivity (Wildman–Crippen MR) is 88.8 cm³/mol. The minimum atomic E-state index is -3.58. The predicted octanol–water partition coefficient (Wildman–Crippen LogP) is 1.90. The van der Waals surface area contributed by atoms with Gasteiger partial charge in [-0.25, -0.2) is 18.2 Å². The Labute approximate surface area is 139 Å². The van der Waals surface area contributed by atoms with E-state index in [0.717, 1.165) is 9.94 Å². The summed E-state index contributed by atoms with van der Waals surface area (Å²) in [6.07, 6.45) is 0.645. The molecule has 8 heteroatoms. The fourth-order valence-corrected chi connectivity index (χ4v) is 3.63. The molecule has 0 radical (unpaired) electrons. The molecule has 0 spiro atoms. The fourth-order valence-electron chi connectivity index (χ4n) is 1.89. The van der Waals surface area contributed by atoms with E-state index in [4.69, 9.17) is 4.84 Å². The molecule has 0 aliphatic carbocycles. The molecule has 1 heterocycles. The van der Waals surface area contributed by atoms with Gasteiger partial charge in [-0.3, -0.25) is 9.63 Å². The van der Waals surface area contributed by atoms with E-state index in [1.54, 1.807) is 11.3 Å². The second kappa shape index (κ2) is 7.69. The molecule has 0 saturated heterocycles. The average Bonchev–Trinajstić information content (AvgIpc) is 3.06. The van der Waals surface area contributed by atoms with Crippen molar-refractivity contribution in [1.29, 1.82) is 0 Å². The molecule has 1 N–H and O–H groups in total. The first-order valence-electron chi connectivity index (χ1n) is 6.88. The number of carbonyl (C=O) groups excluding carboxylic acids is 1. The van der Waals surface area contributed by atoms with Gasteiger partial charge in [0.05, 0.1) is 12.0 Å². The van der Waals surface area contributed by atoms with Crippen LogP contribution in [-0.2, 0) is 21.3 Å². The molecule has 0 aliphatic rings. The molecule has 0 fully saturated rings. The summed E-state index contributed by atoms with van der Waals surface area (Å²) in [7, 11) is -0.715. The first kappa shape index (κ1) is 17.6. The van der Waals surface area contributed by atoms with Crippen molar-refractivity contribution < 1.29 is 18.0 Å². The Balaban J connectivity index is 2.01. The van der Waals surface area contributed by atoms with Gasteiger partial charge in [0.15, 0.2) is 0 Å². The molecular weight excluding hydrogens is 336 g/mol. The maximum atomic E-state index is 12.2. The molecule has 124 valence electrons. The van der Waals surface area contributed by atoms with Crippen molar-refractivity contribution in [2.24, 2.45) is 0 Å². The summed E-state index contributed by atoms with van der Waals surface area (Å²) in [6, 6.07) is 9.64. The Bertz CT molecular complexity index is 740. The zero-order valence-electron chi connectivity index (χ0n) is 12.9. The first-order valence-corrected chi connectivity index (χ1v) is 9.24.